The number of hydrazine groups is 1. The third-order valence-electron chi connectivity index (χ3n) is 9.96. The van der Waals surface area contributed by atoms with Gasteiger partial charge in [-0.3, -0.25) is 0 Å². The number of piperidine rings is 1. The van der Waals surface area contributed by atoms with E-state index >= 15 is 0 Å². The highest BCUT2D eigenvalue weighted by Gasteiger charge is 2.41. The van der Waals surface area contributed by atoms with Crippen LogP contribution in [0.15, 0.2) is 26.3 Å². The molecule has 7 rings (SSSR count). The Bertz CT molecular complexity index is 1510. The maximum atomic E-state index is 10.0. The summed E-state index contributed by atoms with van der Waals surface area (Å²) < 4.78 is 6.20. The zero-order valence-electron chi connectivity index (χ0n) is 27.6. The van der Waals surface area contributed by atoms with E-state index in [0.717, 1.165) is 92.3 Å². The van der Waals surface area contributed by atoms with Crippen LogP contribution in [0.4, 0.5) is 5.00 Å². The number of nitrogen functional groups attached to an aromatic ring is 1. The summed E-state index contributed by atoms with van der Waals surface area (Å²) in [7, 11) is 2.22. The first kappa shape index (κ1) is 31.8. The second kappa shape index (κ2) is 13.7. The number of aliphatic imine (C=N–C) groups is 2. The molecule has 6 heterocycles. The third kappa shape index (κ3) is 5.93. The Morgan fingerprint density at radius 2 is 2.00 bits per heavy atom. The number of aromatic nitrogens is 1. The molecule has 5 aliphatic rings. The van der Waals surface area contributed by atoms with Gasteiger partial charge in [-0.15, -0.1) is 11.3 Å². The number of nitrogens with two attached hydrogens (primary N) is 1. The Morgan fingerprint density at radius 1 is 1.18 bits per heavy atom. The average Bonchev–Trinajstić information content (AvgIpc) is 3.84. The molecule has 2 aromatic heterocycles. The van der Waals surface area contributed by atoms with Crippen LogP contribution in [0.25, 0.3) is 0 Å². The normalized spacial score (nSPS) is 26.6. The molecule has 3 N–H and O–H groups in total. The highest BCUT2D eigenvalue weighted by atomic mass is 32.1. The van der Waals surface area contributed by atoms with Crippen LogP contribution in [0.3, 0.4) is 0 Å². The van der Waals surface area contributed by atoms with Crippen molar-refractivity contribution in [2.45, 2.75) is 104 Å². The predicted octanol–water partition coefficient (Wildman–Crippen LogP) is 5.65. The standard InChI is InChI=1S/C32H43N9OS.C2H6/c1-4-8-25-26(23(15-33)29(34)43-25)21-11-5-12-22-27(38-42-28(21)22)30-36-31(40-14-6-9-19(2)17-40)24-16-35-41(32(24)37-30)18-20-10-7-13-39(20)3;1-2/h16,19-21,32,35H,4-14,17-18,34H2,1-3H3;1-2H3. The van der Waals surface area contributed by atoms with Crippen molar-refractivity contribution >= 4 is 28.0 Å². The molecule has 0 radical (unpaired) electrons. The van der Waals surface area contributed by atoms with E-state index in [1.54, 1.807) is 11.3 Å². The summed E-state index contributed by atoms with van der Waals surface area (Å²) in [6.07, 6.45) is 11.5. The number of aryl methyl sites for hydroxylation is 1. The number of rotatable bonds is 6. The maximum Gasteiger partial charge on any atom is 0.181 e. The van der Waals surface area contributed by atoms with Gasteiger partial charge in [0.05, 0.1) is 11.1 Å². The Labute approximate surface area is 272 Å². The molecule has 0 amide bonds. The maximum absolute atomic E-state index is 10.0. The zero-order valence-corrected chi connectivity index (χ0v) is 28.4. The molecule has 0 aromatic carbocycles. The molecule has 4 aliphatic heterocycles. The van der Waals surface area contributed by atoms with Gasteiger partial charge in [-0.05, 0) is 76.4 Å². The molecular weight excluding hydrogens is 583 g/mol. The quantitative estimate of drug-likeness (QED) is 0.419. The molecule has 11 heteroatoms. The second-order valence-electron chi connectivity index (χ2n) is 13.0. The minimum Gasteiger partial charge on any atom is -0.389 e. The molecule has 2 fully saturated rings. The third-order valence-corrected chi connectivity index (χ3v) is 11.1. The van der Waals surface area contributed by atoms with E-state index in [4.69, 9.17) is 20.2 Å². The minimum atomic E-state index is -0.154. The van der Waals surface area contributed by atoms with E-state index in [-0.39, 0.29) is 12.1 Å². The average molecular weight is 632 g/mol. The smallest absolute Gasteiger partial charge is 0.181 e. The number of amidine groups is 2. The fourth-order valence-corrected chi connectivity index (χ4v) is 8.93. The van der Waals surface area contributed by atoms with Crippen LogP contribution in [-0.4, -0.2) is 77.1 Å². The fourth-order valence-electron chi connectivity index (χ4n) is 7.74. The largest absolute Gasteiger partial charge is 0.389 e. The molecule has 0 bridgehead atoms. The number of nitrogens with one attached hydrogen (secondary N) is 1. The van der Waals surface area contributed by atoms with E-state index in [9.17, 15) is 5.26 Å². The van der Waals surface area contributed by atoms with Crippen molar-refractivity contribution in [3.8, 4) is 6.07 Å². The second-order valence-corrected chi connectivity index (χ2v) is 14.1. The lowest BCUT2D eigenvalue weighted by Crippen LogP contribution is -2.49. The predicted molar refractivity (Wildman–Crippen MR) is 181 cm³/mol. The molecule has 242 valence electrons. The molecule has 45 heavy (non-hydrogen) atoms. The first-order valence-corrected chi connectivity index (χ1v) is 17.9. The van der Waals surface area contributed by atoms with Crippen LogP contribution in [-0.2, 0) is 12.8 Å². The van der Waals surface area contributed by atoms with Gasteiger partial charge in [0.2, 0.25) is 0 Å². The van der Waals surface area contributed by atoms with E-state index < -0.39 is 0 Å². The van der Waals surface area contributed by atoms with Gasteiger partial charge in [0.25, 0.3) is 0 Å². The lowest BCUT2D eigenvalue weighted by atomic mass is 9.81. The summed E-state index contributed by atoms with van der Waals surface area (Å²) in [6, 6.07) is 2.90. The molecule has 2 saturated heterocycles. The fraction of sp³-hybridized carbons (Fsp3) is 0.647. The van der Waals surface area contributed by atoms with Crippen molar-refractivity contribution in [1.29, 1.82) is 5.26 Å². The molecule has 4 atom stereocenters. The van der Waals surface area contributed by atoms with E-state index in [1.807, 2.05) is 13.8 Å². The van der Waals surface area contributed by atoms with Gasteiger partial charge in [-0.2, -0.15) is 10.3 Å². The zero-order chi connectivity index (χ0) is 31.7. The summed E-state index contributed by atoms with van der Waals surface area (Å²) in [4.78, 5) is 16.6. The van der Waals surface area contributed by atoms with Crippen molar-refractivity contribution in [1.82, 2.24) is 25.4 Å². The topological polar surface area (TPSA) is 122 Å². The van der Waals surface area contributed by atoms with Gasteiger partial charge >= 0.3 is 0 Å². The Balaban J connectivity index is 0.00000175. The van der Waals surface area contributed by atoms with Gasteiger partial charge in [0, 0.05) is 48.2 Å². The van der Waals surface area contributed by atoms with Gasteiger partial charge in [0.15, 0.2) is 17.7 Å². The summed E-state index contributed by atoms with van der Waals surface area (Å²) in [6.45, 7) is 12.5. The van der Waals surface area contributed by atoms with Gasteiger partial charge in [0.1, 0.15) is 22.7 Å². The molecule has 4 unspecified atom stereocenters. The Morgan fingerprint density at radius 3 is 2.73 bits per heavy atom. The molecule has 0 saturated carbocycles. The van der Waals surface area contributed by atoms with Crippen LogP contribution in [0.2, 0.25) is 0 Å². The van der Waals surface area contributed by atoms with E-state index in [2.05, 4.69) is 58.6 Å². The van der Waals surface area contributed by atoms with Crippen LogP contribution in [0.1, 0.15) is 112 Å². The van der Waals surface area contributed by atoms with Crippen molar-refractivity contribution in [2.75, 3.05) is 39.0 Å². The number of hydrogen-bond donors (Lipinski definition) is 2. The number of likely N-dealkylation sites (N-methyl/N-ethyl adjacent to an activating group) is 1. The van der Waals surface area contributed by atoms with Gasteiger partial charge in [-0.25, -0.2) is 9.98 Å². The molecule has 2 aromatic rings. The number of nitrogens with zero attached hydrogens (tertiary/aromatic N) is 7. The highest BCUT2D eigenvalue weighted by Crippen LogP contribution is 2.45. The summed E-state index contributed by atoms with van der Waals surface area (Å²) in [5.74, 6) is 3.13. The highest BCUT2D eigenvalue weighted by molar-refractivity contribution is 7.16. The van der Waals surface area contributed by atoms with Gasteiger partial charge in [-0.1, -0.05) is 39.3 Å². The number of thiophene rings is 1. The van der Waals surface area contributed by atoms with Gasteiger partial charge < -0.3 is 25.5 Å². The van der Waals surface area contributed by atoms with Crippen molar-refractivity contribution in [3.63, 3.8) is 0 Å². The van der Waals surface area contributed by atoms with Crippen molar-refractivity contribution in [2.24, 2.45) is 15.9 Å². The Kier molecular flexibility index (Phi) is 9.64. The first-order valence-electron chi connectivity index (χ1n) is 17.1. The number of likely N-dealkylation sites (tertiary alicyclic amines) is 2. The molecular formula is C34H49N9OS. The lowest BCUT2D eigenvalue weighted by Gasteiger charge is -2.37. The summed E-state index contributed by atoms with van der Waals surface area (Å²) >= 11 is 1.55. The first-order chi connectivity index (χ1) is 22.0. The summed E-state index contributed by atoms with van der Waals surface area (Å²) in [5, 5.41) is 17.6. The SMILES string of the molecule is CC.CCCc1sc(N)c(C#N)c1C1CCCc2c(C3=NC4C(=CNN4CC4CCCN4C)C(N4CCCC(C)C4)=N3)noc21. The van der Waals surface area contributed by atoms with Crippen LogP contribution < -0.4 is 11.2 Å². The number of nitriles is 1. The number of anilines is 1. The minimum absolute atomic E-state index is 0.0247. The molecule has 1 aliphatic carbocycles. The molecule has 10 nitrogen and oxygen atoms in total. The number of fused-ring (bicyclic) bond motifs is 2. The van der Waals surface area contributed by atoms with E-state index in [0.29, 0.717) is 28.4 Å². The lowest BCUT2D eigenvalue weighted by molar-refractivity contribution is 0.146. The van der Waals surface area contributed by atoms with Crippen LogP contribution >= 0.6 is 11.3 Å². The van der Waals surface area contributed by atoms with Crippen LogP contribution in [0, 0.1) is 17.2 Å². The monoisotopic (exact) mass is 631 g/mol. The van der Waals surface area contributed by atoms with Crippen LogP contribution in [0.5, 0.6) is 0 Å². The molecule has 0 spiro atoms. The van der Waals surface area contributed by atoms with E-state index in [1.165, 1.54) is 30.6 Å². The van der Waals surface area contributed by atoms with Crippen molar-refractivity contribution < 1.29 is 4.52 Å². The Hall–Kier alpha value is -3.20. The van der Waals surface area contributed by atoms with Crippen molar-refractivity contribution in [3.05, 3.63) is 44.8 Å². The number of hydrogen-bond acceptors (Lipinski definition) is 11. The summed E-state index contributed by atoms with van der Waals surface area (Å²) in [5.41, 5.74) is 14.5.